The SMILES string of the molecule is O=[N+]([O-])c1cnc2ccc(Br)cc2c1OC1CCNCC1. The summed E-state index contributed by atoms with van der Waals surface area (Å²) >= 11 is 3.39. The Morgan fingerprint density at radius 2 is 2.14 bits per heavy atom. The average molecular weight is 352 g/mol. The van der Waals surface area contributed by atoms with Crippen molar-refractivity contribution in [2.75, 3.05) is 13.1 Å². The minimum absolute atomic E-state index is 0.00506. The van der Waals surface area contributed by atoms with Crippen molar-refractivity contribution in [2.24, 2.45) is 0 Å². The van der Waals surface area contributed by atoms with Gasteiger partial charge < -0.3 is 10.1 Å². The van der Waals surface area contributed by atoms with Crippen molar-refractivity contribution in [2.45, 2.75) is 18.9 Å². The smallest absolute Gasteiger partial charge is 0.329 e. The first-order chi connectivity index (χ1) is 10.1. The first-order valence-electron chi connectivity index (χ1n) is 6.75. The van der Waals surface area contributed by atoms with E-state index in [9.17, 15) is 10.1 Å². The molecule has 3 rings (SSSR count). The molecule has 1 fully saturated rings. The van der Waals surface area contributed by atoms with E-state index in [-0.39, 0.29) is 11.8 Å². The molecule has 2 heterocycles. The van der Waals surface area contributed by atoms with Gasteiger partial charge in [-0.1, -0.05) is 15.9 Å². The Morgan fingerprint density at radius 3 is 2.86 bits per heavy atom. The second kappa shape index (κ2) is 5.95. The molecule has 0 unspecified atom stereocenters. The zero-order valence-electron chi connectivity index (χ0n) is 11.2. The van der Waals surface area contributed by atoms with Crippen LogP contribution in [0.15, 0.2) is 28.9 Å². The van der Waals surface area contributed by atoms with Crippen molar-refractivity contribution in [3.63, 3.8) is 0 Å². The number of halogens is 1. The third kappa shape index (κ3) is 2.98. The standard InChI is InChI=1S/C14H14BrN3O3/c15-9-1-2-12-11(7-9)14(13(8-17-12)18(19)20)21-10-3-5-16-6-4-10/h1-2,7-8,10,16H,3-6H2. The van der Waals surface area contributed by atoms with E-state index in [4.69, 9.17) is 4.74 Å². The number of nitro groups is 1. The van der Waals surface area contributed by atoms with E-state index in [0.717, 1.165) is 30.4 Å². The molecular formula is C14H14BrN3O3. The second-order valence-corrected chi connectivity index (χ2v) is 5.87. The van der Waals surface area contributed by atoms with E-state index in [2.05, 4.69) is 26.2 Å². The molecule has 0 atom stereocenters. The summed E-state index contributed by atoms with van der Waals surface area (Å²) in [5.74, 6) is 0.318. The van der Waals surface area contributed by atoms with Crippen molar-refractivity contribution < 1.29 is 9.66 Å². The van der Waals surface area contributed by atoms with Crippen molar-refractivity contribution in [1.29, 1.82) is 0 Å². The summed E-state index contributed by atoms with van der Waals surface area (Å²) in [7, 11) is 0. The monoisotopic (exact) mass is 351 g/mol. The molecule has 1 saturated heterocycles. The van der Waals surface area contributed by atoms with Crippen LogP contribution in [0.5, 0.6) is 5.75 Å². The van der Waals surface area contributed by atoms with Gasteiger partial charge >= 0.3 is 5.69 Å². The maximum Gasteiger partial charge on any atom is 0.329 e. The fourth-order valence-electron chi connectivity index (χ4n) is 2.46. The van der Waals surface area contributed by atoms with Crippen LogP contribution in [0.2, 0.25) is 0 Å². The van der Waals surface area contributed by atoms with Gasteiger partial charge in [-0.15, -0.1) is 0 Å². The van der Waals surface area contributed by atoms with E-state index in [1.807, 2.05) is 18.2 Å². The Hall–Kier alpha value is -1.73. The first kappa shape index (κ1) is 14.2. The van der Waals surface area contributed by atoms with Crippen LogP contribution in [0.1, 0.15) is 12.8 Å². The van der Waals surface area contributed by atoms with Gasteiger partial charge in [-0.3, -0.25) is 10.1 Å². The quantitative estimate of drug-likeness (QED) is 0.679. The van der Waals surface area contributed by atoms with Crippen LogP contribution < -0.4 is 10.1 Å². The number of fused-ring (bicyclic) bond motifs is 1. The Kier molecular flexibility index (Phi) is 4.03. The van der Waals surface area contributed by atoms with E-state index in [1.54, 1.807) is 0 Å². The van der Waals surface area contributed by atoms with Gasteiger partial charge in [0.1, 0.15) is 12.3 Å². The predicted octanol–water partition coefficient (Wildman–Crippen LogP) is 3.04. The molecule has 0 bridgehead atoms. The maximum absolute atomic E-state index is 11.3. The van der Waals surface area contributed by atoms with Crippen LogP contribution in [-0.2, 0) is 0 Å². The predicted molar refractivity (Wildman–Crippen MR) is 82.6 cm³/mol. The van der Waals surface area contributed by atoms with Crippen LogP contribution in [0.3, 0.4) is 0 Å². The largest absolute Gasteiger partial charge is 0.483 e. The number of hydrogen-bond acceptors (Lipinski definition) is 5. The number of aromatic nitrogens is 1. The molecule has 6 nitrogen and oxygen atoms in total. The van der Waals surface area contributed by atoms with Crippen LogP contribution in [0.25, 0.3) is 10.9 Å². The lowest BCUT2D eigenvalue weighted by molar-refractivity contribution is -0.386. The van der Waals surface area contributed by atoms with Crippen molar-refractivity contribution in [3.05, 3.63) is 39.0 Å². The highest BCUT2D eigenvalue weighted by molar-refractivity contribution is 9.10. The Bertz CT molecular complexity index is 686. The highest BCUT2D eigenvalue weighted by atomic mass is 79.9. The molecule has 0 amide bonds. The lowest BCUT2D eigenvalue weighted by Crippen LogP contribution is -2.34. The highest BCUT2D eigenvalue weighted by Crippen LogP contribution is 2.36. The Morgan fingerprint density at radius 1 is 1.38 bits per heavy atom. The Labute approximate surface area is 129 Å². The summed E-state index contributed by atoms with van der Waals surface area (Å²) in [5, 5.41) is 15.2. The molecule has 1 aromatic carbocycles. The summed E-state index contributed by atoms with van der Waals surface area (Å²) in [6, 6.07) is 5.49. The molecule has 0 spiro atoms. The fourth-order valence-corrected chi connectivity index (χ4v) is 2.82. The summed E-state index contributed by atoms with van der Waals surface area (Å²) in [5.41, 5.74) is 0.604. The van der Waals surface area contributed by atoms with Gasteiger partial charge in [0.15, 0.2) is 0 Å². The minimum Gasteiger partial charge on any atom is -0.483 e. The first-order valence-corrected chi connectivity index (χ1v) is 7.54. The molecule has 21 heavy (non-hydrogen) atoms. The third-order valence-corrected chi connectivity index (χ3v) is 4.02. The molecule has 0 radical (unpaired) electrons. The number of benzene rings is 1. The normalized spacial score (nSPS) is 16.0. The van der Waals surface area contributed by atoms with Gasteiger partial charge in [0, 0.05) is 4.47 Å². The lowest BCUT2D eigenvalue weighted by atomic mass is 10.1. The Balaban J connectivity index is 2.08. The number of nitrogens with zero attached hydrogens (tertiary/aromatic N) is 2. The fraction of sp³-hybridized carbons (Fsp3) is 0.357. The molecule has 7 heteroatoms. The third-order valence-electron chi connectivity index (χ3n) is 3.53. The van der Waals surface area contributed by atoms with E-state index in [0.29, 0.717) is 16.7 Å². The molecular weight excluding hydrogens is 338 g/mol. The molecule has 1 aromatic heterocycles. The summed E-state index contributed by atoms with van der Waals surface area (Å²) in [6.45, 7) is 1.73. The van der Waals surface area contributed by atoms with E-state index < -0.39 is 4.92 Å². The van der Waals surface area contributed by atoms with Crippen molar-refractivity contribution in [3.8, 4) is 5.75 Å². The summed E-state index contributed by atoms with van der Waals surface area (Å²) in [4.78, 5) is 15.0. The van der Waals surface area contributed by atoms with Crippen LogP contribution >= 0.6 is 15.9 Å². The highest BCUT2D eigenvalue weighted by Gasteiger charge is 2.24. The number of piperidine rings is 1. The molecule has 0 aliphatic carbocycles. The van der Waals surface area contributed by atoms with E-state index in [1.165, 1.54) is 6.20 Å². The van der Waals surface area contributed by atoms with Gasteiger partial charge in [-0.2, -0.15) is 0 Å². The number of hydrogen-bond donors (Lipinski definition) is 1. The molecule has 0 saturated carbocycles. The van der Waals surface area contributed by atoms with Gasteiger partial charge in [0.05, 0.1) is 15.8 Å². The molecule has 110 valence electrons. The zero-order valence-corrected chi connectivity index (χ0v) is 12.8. The van der Waals surface area contributed by atoms with Gasteiger partial charge in [-0.25, -0.2) is 4.98 Å². The minimum atomic E-state index is -0.441. The number of rotatable bonds is 3. The molecule has 2 aromatic rings. The van der Waals surface area contributed by atoms with Crippen LogP contribution in [0, 0.1) is 10.1 Å². The van der Waals surface area contributed by atoms with Crippen molar-refractivity contribution in [1.82, 2.24) is 10.3 Å². The number of pyridine rings is 1. The van der Waals surface area contributed by atoms with Crippen molar-refractivity contribution >= 4 is 32.5 Å². The lowest BCUT2D eigenvalue weighted by Gasteiger charge is -2.24. The number of ether oxygens (including phenoxy) is 1. The van der Waals surface area contributed by atoms with Gasteiger partial charge in [-0.05, 0) is 44.1 Å². The molecule has 1 aliphatic rings. The van der Waals surface area contributed by atoms with Gasteiger partial charge in [0.2, 0.25) is 5.75 Å². The molecule has 1 N–H and O–H groups in total. The molecule has 1 aliphatic heterocycles. The zero-order chi connectivity index (χ0) is 14.8. The topological polar surface area (TPSA) is 77.3 Å². The van der Waals surface area contributed by atoms with Gasteiger partial charge in [0.25, 0.3) is 0 Å². The number of nitrogens with one attached hydrogen (secondary N) is 1. The summed E-state index contributed by atoms with van der Waals surface area (Å²) < 4.78 is 6.81. The van der Waals surface area contributed by atoms with Crippen LogP contribution in [0.4, 0.5) is 5.69 Å². The van der Waals surface area contributed by atoms with E-state index >= 15 is 0 Å². The second-order valence-electron chi connectivity index (χ2n) is 4.96. The maximum atomic E-state index is 11.3. The van der Waals surface area contributed by atoms with Crippen LogP contribution in [-0.4, -0.2) is 29.1 Å². The summed E-state index contributed by atoms with van der Waals surface area (Å²) in [6.07, 6.45) is 2.95. The average Bonchev–Trinajstić information content (AvgIpc) is 2.48.